The number of nitrogens with zero attached hydrogens (tertiary/aromatic N) is 2. The van der Waals surface area contributed by atoms with Crippen molar-refractivity contribution in [2.24, 2.45) is 11.3 Å². The van der Waals surface area contributed by atoms with Crippen molar-refractivity contribution in [3.05, 3.63) is 17.5 Å². The minimum absolute atomic E-state index is 0.0403. The summed E-state index contributed by atoms with van der Waals surface area (Å²) in [4.78, 5) is 19.5. The van der Waals surface area contributed by atoms with Crippen LogP contribution in [0.15, 0.2) is 12.4 Å². The number of hydrogen-bond donors (Lipinski definition) is 1. The lowest BCUT2D eigenvalue weighted by Gasteiger charge is -2.22. The molecule has 1 aromatic heterocycles. The van der Waals surface area contributed by atoms with E-state index in [0.717, 1.165) is 6.42 Å². The lowest BCUT2D eigenvalue weighted by atomic mass is 9.84. The van der Waals surface area contributed by atoms with Crippen LogP contribution < -0.4 is 5.32 Å². The molecule has 1 atom stereocenters. The lowest BCUT2D eigenvalue weighted by Crippen LogP contribution is -2.19. The van der Waals surface area contributed by atoms with Crippen LogP contribution in [0.2, 0.25) is 5.15 Å². The predicted molar refractivity (Wildman–Crippen MR) is 73.5 cm³/mol. The second kappa shape index (κ2) is 6.14. The zero-order valence-electron chi connectivity index (χ0n) is 11.3. The molecular weight excluding hydrogens is 250 g/mol. The topological polar surface area (TPSA) is 54.9 Å². The van der Waals surface area contributed by atoms with Gasteiger partial charge in [-0.3, -0.25) is 4.79 Å². The average Bonchev–Trinajstić information content (AvgIpc) is 2.13. The van der Waals surface area contributed by atoms with Crippen molar-refractivity contribution in [3.63, 3.8) is 0 Å². The van der Waals surface area contributed by atoms with Gasteiger partial charge in [-0.1, -0.05) is 39.3 Å². The molecule has 4 nitrogen and oxygen atoms in total. The van der Waals surface area contributed by atoms with Gasteiger partial charge in [0, 0.05) is 12.5 Å². The van der Waals surface area contributed by atoms with Gasteiger partial charge in [-0.25, -0.2) is 9.97 Å². The van der Waals surface area contributed by atoms with Crippen LogP contribution in [-0.4, -0.2) is 15.9 Å². The van der Waals surface area contributed by atoms with Gasteiger partial charge < -0.3 is 5.32 Å². The van der Waals surface area contributed by atoms with Gasteiger partial charge in [0.2, 0.25) is 5.91 Å². The summed E-state index contributed by atoms with van der Waals surface area (Å²) < 4.78 is 0. The van der Waals surface area contributed by atoms with Crippen molar-refractivity contribution in [2.75, 3.05) is 5.32 Å². The predicted octanol–water partition coefficient (Wildman–Crippen LogP) is 3.53. The number of carbonyl (C=O) groups is 1. The zero-order chi connectivity index (χ0) is 13.8. The van der Waals surface area contributed by atoms with E-state index in [4.69, 9.17) is 11.6 Å². The third-order valence-electron chi connectivity index (χ3n) is 2.40. The highest BCUT2D eigenvalue weighted by molar-refractivity contribution is 6.29. The van der Waals surface area contributed by atoms with E-state index in [2.05, 4.69) is 43.0 Å². The first-order valence-corrected chi connectivity index (χ1v) is 6.41. The molecule has 18 heavy (non-hydrogen) atoms. The molecule has 1 heterocycles. The van der Waals surface area contributed by atoms with E-state index in [1.54, 1.807) is 0 Å². The van der Waals surface area contributed by atoms with Crippen LogP contribution in [0, 0.1) is 11.3 Å². The van der Waals surface area contributed by atoms with E-state index < -0.39 is 0 Å². The second-order valence-electron chi connectivity index (χ2n) is 5.85. The monoisotopic (exact) mass is 269 g/mol. The van der Waals surface area contributed by atoms with Crippen molar-refractivity contribution in [1.29, 1.82) is 0 Å². The minimum atomic E-state index is -0.0403. The molecule has 0 saturated heterocycles. The summed E-state index contributed by atoms with van der Waals surface area (Å²) in [6, 6.07) is 1.54. The molecule has 1 amide bonds. The molecule has 1 aromatic rings. The summed E-state index contributed by atoms with van der Waals surface area (Å²) in [6.07, 6.45) is 2.82. The number of rotatable bonds is 4. The van der Waals surface area contributed by atoms with Crippen molar-refractivity contribution < 1.29 is 4.79 Å². The van der Waals surface area contributed by atoms with Crippen LogP contribution in [0.3, 0.4) is 0 Å². The molecular formula is C13H20ClN3O. The Morgan fingerprint density at radius 1 is 1.44 bits per heavy atom. The molecule has 0 bridgehead atoms. The van der Waals surface area contributed by atoms with Gasteiger partial charge in [-0.05, 0) is 17.8 Å². The first-order chi connectivity index (χ1) is 8.26. The number of anilines is 1. The van der Waals surface area contributed by atoms with Crippen LogP contribution >= 0.6 is 11.6 Å². The Hall–Kier alpha value is -1.16. The van der Waals surface area contributed by atoms with Crippen molar-refractivity contribution >= 4 is 23.3 Å². The van der Waals surface area contributed by atoms with E-state index in [1.807, 2.05) is 0 Å². The maximum absolute atomic E-state index is 11.8. The molecule has 0 radical (unpaired) electrons. The Kier molecular flexibility index (Phi) is 5.08. The van der Waals surface area contributed by atoms with Gasteiger partial charge in [0.05, 0.1) is 0 Å². The molecule has 0 aliphatic heterocycles. The highest BCUT2D eigenvalue weighted by Crippen LogP contribution is 2.26. The number of hydrogen-bond acceptors (Lipinski definition) is 3. The standard InChI is InChI=1S/C13H20ClN3O/c1-9(7-13(2,3)4)5-12(18)17-11-6-10(14)15-8-16-11/h6,8-9H,5,7H2,1-4H3,(H,15,16,17,18). The summed E-state index contributed by atoms with van der Waals surface area (Å²) in [5.41, 5.74) is 0.234. The molecule has 0 saturated carbocycles. The number of carbonyl (C=O) groups excluding carboxylic acids is 1. The molecule has 1 rings (SSSR count). The van der Waals surface area contributed by atoms with E-state index in [-0.39, 0.29) is 11.3 Å². The first-order valence-electron chi connectivity index (χ1n) is 6.04. The molecule has 1 unspecified atom stereocenters. The molecule has 0 aromatic carbocycles. The minimum Gasteiger partial charge on any atom is -0.311 e. The van der Waals surface area contributed by atoms with E-state index in [1.165, 1.54) is 12.4 Å². The Labute approximate surface area is 113 Å². The number of nitrogens with one attached hydrogen (secondary N) is 1. The SMILES string of the molecule is CC(CC(=O)Nc1cc(Cl)ncn1)CC(C)(C)C. The smallest absolute Gasteiger partial charge is 0.225 e. The number of halogens is 1. The molecule has 0 aliphatic carbocycles. The summed E-state index contributed by atoms with van der Waals surface area (Å²) in [5, 5.41) is 3.05. The van der Waals surface area contributed by atoms with Gasteiger partial charge in [0.15, 0.2) is 0 Å². The van der Waals surface area contributed by atoms with Crippen molar-refractivity contribution in [3.8, 4) is 0 Å². The van der Waals surface area contributed by atoms with Crippen molar-refractivity contribution in [2.45, 2.75) is 40.5 Å². The highest BCUT2D eigenvalue weighted by atomic mass is 35.5. The summed E-state index contributed by atoms with van der Waals surface area (Å²) in [7, 11) is 0. The van der Waals surface area contributed by atoms with Gasteiger partial charge in [0.1, 0.15) is 17.3 Å². The summed E-state index contributed by atoms with van der Waals surface area (Å²) >= 11 is 5.72. The molecule has 0 aliphatic rings. The van der Waals surface area contributed by atoms with Gasteiger partial charge >= 0.3 is 0 Å². The Morgan fingerprint density at radius 3 is 2.67 bits per heavy atom. The van der Waals surface area contributed by atoms with Crippen LogP contribution in [0.25, 0.3) is 0 Å². The molecule has 0 spiro atoms. The fourth-order valence-corrected chi connectivity index (χ4v) is 2.18. The van der Waals surface area contributed by atoms with E-state index in [9.17, 15) is 4.79 Å². The van der Waals surface area contributed by atoms with Crippen LogP contribution in [0.4, 0.5) is 5.82 Å². The summed E-state index contributed by atoms with van der Waals surface area (Å²) in [5.74, 6) is 0.742. The maximum atomic E-state index is 11.8. The average molecular weight is 270 g/mol. The Morgan fingerprint density at radius 2 is 2.11 bits per heavy atom. The molecule has 1 N–H and O–H groups in total. The second-order valence-corrected chi connectivity index (χ2v) is 6.24. The number of aromatic nitrogens is 2. The highest BCUT2D eigenvalue weighted by Gasteiger charge is 2.17. The third kappa shape index (κ3) is 5.96. The van der Waals surface area contributed by atoms with Crippen LogP contribution in [-0.2, 0) is 4.79 Å². The third-order valence-corrected chi connectivity index (χ3v) is 2.60. The van der Waals surface area contributed by atoms with Crippen LogP contribution in [0.1, 0.15) is 40.5 Å². The Bertz CT molecular complexity index is 415. The normalized spacial score (nSPS) is 13.2. The van der Waals surface area contributed by atoms with Crippen molar-refractivity contribution in [1.82, 2.24) is 9.97 Å². The lowest BCUT2D eigenvalue weighted by molar-refractivity contribution is -0.117. The number of amides is 1. The molecule has 5 heteroatoms. The molecule has 0 fully saturated rings. The maximum Gasteiger partial charge on any atom is 0.225 e. The first kappa shape index (κ1) is 14.9. The van der Waals surface area contributed by atoms with Crippen LogP contribution in [0.5, 0.6) is 0 Å². The largest absolute Gasteiger partial charge is 0.311 e. The fourth-order valence-electron chi connectivity index (χ4n) is 2.03. The summed E-state index contributed by atoms with van der Waals surface area (Å²) in [6.45, 7) is 8.60. The zero-order valence-corrected chi connectivity index (χ0v) is 12.1. The Balaban J connectivity index is 2.47. The van der Waals surface area contributed by atoms with Gasteiger partial charge in [0.25, 0.3) is 0 Å². The van der Waals surface area contributed by atoms with Gasteiger partial charge in [-0.15, -0.1) is 0 Å². The van der Waals surface area contributed by atoms with E-state index >= 15 is 0 Å². The molecule has 100 valence electrons. The van der Waals surface area contributed by atoms with Gasteiger partial charge in [-0.2, -0.15) is 0 Å². The quantitative estimate of drug-likeness (QED) is 0.851. The van der Waals surface area contributed by atoms with E-state index in [0.29, 0.717) is 23.3 Å². The fraction of sp³-hybridized carbons (Fsp3) is 0.615.